The van der Waals surface area contributed by atoms with Crippen LogP contribution in [0, 0.1) is 16.7 Å². The molecule has 1 amide bonds. The van der Waals surface area contributed by atoms with Gasteiger partial charge in [-0.25, -0.2) is 0 Å². The molecule has 2 atom stereocenters. The summed E-state index contributed by atoms with van der Waals surface area (Å²) in [5, 5.41) is 17.0. The second-order valence-corrected chi connectivity index (χ2v) is 6.03. The highest BCUT2D eigenvalue weighted by Crippen LogP contribution is 2.31. The summed E-state index contributed by atoms with van der Waals surface area (Å²) in [6, 6.07) is 12.0. The number of amides is 1. The first-order chi connectivity index (χ1) is 13.7. The number of aromatic nitrogens is 3. The number of hydrogen-bond acceptors (Lipinski definition) is 5. The molecule has 0 fully saturated rings. The number of carbonyl (C=O) groups is 1. The molecule has 0 aliphatic carbocycles. The second-order valence-electron chi connectivity index (χ2n) is 6.03. The fraction of sp³-hybridized carbons (Fsp3) is 0.0952. The van der Waals surface area contributed by atoms with Crippen LogP contribution < -0.4 is 10.3 Å². The van der Waals surface area contributed by atoms with Gasteiger partial charge in [-0.2, -0.15) is 9.83 Å². The lowest BCUT2D eigenvalue weighted by molar-refractivity contribution is -0.711. The molecule has 0 spiro atoms. The van der Waals surface area contributed by atoms with Gasteiger partial charge < -0.3 is 5.73 Å². The highest BCUT2D eigenvalue weighted by Gasteiger charge is 2.39. The first-order valence-corrected chi connectivity index (χ1v) is 8.46. The number of nitrogens with two attached hydrogens (primary N) is 1. The Morgan fingerprint density at radius 2 is 1.75 bits per heavy atom. The van der Waals surface area contributed by atoms with E-state index in [1.54, 1.807) is 53.9 Å². The van der Waals surface area contributed by atoms with Crippen molar-refractivity contribution in [1.29, 1.82) is 10.7 Å². The molecular formula is C21H17N6O+. The van der Waals surface area contributed by atoms with Crippen LogP contribution in [-0.2, 0) is 4.79 Å². The van der Waals surface area contributed by atoms with Gasteiger partial charge in [0, 0.05) is 36.9 Å². The summed E-state index contributed by atoms with van der Waals surface area (Å²) < 4.78 is 1.64. The molecule has 7 heteroatoms. The zero-order valence-electron chi connectivity index (χ0n) is 14.9. The van der Waals surface area contributed by atoms with Gasteiger partial charge in [0.2, 0.25) is 6.04 Å². The molecule has 3 aromatic heterocycles. The molecule has 0 aromatic carbocycles. The van der Waals surface area contributed by atoms with Crippen LogP contribution in [0.3, 0.4) is 0 Å². The summed E-state index contributed by atoms with van der Waals surface area (Å²) in [6.07, 6.45) is 10.0. The van der Waals surface area contributed by atoms with Gasteiger partial charge in [0.25, 0.3) is 5.91 Å². The van der Waals surface area contributed by atoms with Gasteiger partial charge >= 0.3 is 0 Å². The number of pyridine rings is 3. The Morgan fingerprint density at radius 1 is 1.07 bits per heavy atom. The van der Waals surface area contributed by atoms with E-state index >= 15 is 0 Å². The first kappa shape index (κ1) is 18.6. The standard InChI is InChI=1S/C21H16N6O/c22-12-18(13-23)19(17-2-1-7-26-14-17)20(21(24)28)27-10-5-16(6-11-27)15-3-8-25-9-4-15/h1-11,14,19-20,22H,(H-,24,28)/p+1/t19-,20-/m0/s1. The normalized spacial score (nSPS) is 12.2. The van der Waals surface area contributed by atoms with Crippen LogP contribution in [0.1, 0.15) is 17.5 Å². The van der Waals surface area contributed by atoms with Crippen LogP contribution >= 0.6 is 0 Å². The van der Waals surface area contributed by atoms with Crippen molar-refractivity contribution in [2.24, 2.45) is 5.73 Å². The van der Waals surface area contributed by atoms with Crippen LogP contribution in [0.25, 0.3) is 11.1 Å². The zero-order valence-corrected chi connectivity index (χ0v) is 14.9. The lowest BCUT2D eigenvalue weighted by atomic mass is 9.86. The molecule has 3 aromatic rings. The van der Waals surface area contributed by atoms with Crippen LogP contribution in [0.4, 0.5) is 0 Å². The predicted molar refractivity (Wildman–Crippen MR) is 102 cm³/mol. The van der Waals surface area contributed by atoms with Crippen molar-refractivity contribution in [2.75, 3.05) is 0 Å². The minimum Gasteiger partial charge on any atom is -0.364 e. The summed E-state index contributed by atoms with van der Waals surface area (Å²) in [6.45, 7) is 0. The van der Waals surface area contributed by atoms with Crippen LogP contribution in [-0.4, -0.2) is 21.7 Å². The average molecular weight is 369 g/mol. The summed E-state index contributed by atoms with van der Waals surface area (Å²) in [7, 11) is 0. The van der Waals surface area contributed by atoms with Crippen LogP contribution in [0.15, 0.2) is 79.2 Å². The SMILES string of the molecule is N#CC(=C=N)[C@H](c1cccnc1)[C@@H](C(N)=O)[n+]1ccc(-c2ccncc2)cc1. The minimum atomic E-state index is -0.914. The Morgan fingerprint density at radius 3 is 2.29 bits per heavy atom. The number of allylic oxidation sites excluding steroid dienone is 1. The Hall–Kier alpha value is -4.14. The van der Waals surface area contributed by atoms with Crippen molar-refractivity contribution in [3.05, 3.63) is 84.7 Å². The maximum absolute atomic E-state index is 12.4. The number of carbonyl (C=O) groups excluding carboxylic acids is 1. The molecule has 3 heterocycles. The number of nitriles is 1. The molecule has 3 N–H and O–H groups in total. The third kappa shape index (κ3) is 3.83. The number of rotatable bonds is 6. The maximum atomic E-state index is 12.4. The van der Waals surface area contributed by atoms with E-state index in [9.17, 15) is 10.1 Å². The van der Waals surface area contributed by atoms with Gasteiger partial charge in [-0.1, -0.05) is 6.07 Å². The quantitative estimate of drug-likeness (QED) is 0.392. The van der Waals surface area contributed by atoms with E-state index in [1.165, 1.54) is 0 Å². The van der Waals surface area contributed by atoms with E-state index in [-0.39, 0.29) is 5.57 Å². The summed E-state index contributed by atoms with van der Waals surface area (Å²) in [5.74, 6) is 0.743. The molecule has 28 heavy (non-hydrogen) atoms. The van der Waals surface area contributed by atoms with Crippen LogP contribution in [0.2, 0.25) is 0 Å². The molecular weight excluding hydrogens is 352 g/mol. The maximum Gasteiger partial charge on any atom is 0.287 e. The molecule has 0 saturated heterocycles. The predicted octanol–water partition coefficient (Wildman–Crippen LogP) is 1.94. The molecule has 0 saturated carbocycles. The molecule has 3 rings (SSSR count). The molecule has 0 unspecified atom stereocenters. The van der Waals surface area contributed by atoms with E-state index < -0.39 is 17.9 Å². The number of hydrogen-bond donors (Lipinski definition) is 2. The Balaban J connectivity index is 2.07. The smallest absolute Gasteiger partial charge is 0.287 e. The van der Waals surface area contributed by atoms with Gasteiger partial charge in [0.1, 0.15) is 17.6 Å². The fourth-order valence-electron chi connectivity index (χ4n) is 3.09. The van der Waals surface area contributed by atoms with Crippen molar-refractivity contribution < 1.29 is 9.36 Å². The summed E-state index contributed by atoms with van der Waals surface area (Å²) >= 11 is 0. The largest absolute Gasteiger partial charge is 0.364 e. The Bertz CT molecular complexity index is 1050. The summed E-state index contributed by atoms with van der Waals surface area (Å²) in [4.78, 5) is 20.4. The van der Waals surface area contributed by atoms with Crippen LogP contribution in [0.5, 0.6) is 0 Å². The van der Waals surface area contributed by atoms with Gasteiger partial charge in [0.05, 0.1) is 0 Å². The third-order valence-electron chi connectivity index (χ3n) is 4.40. The molecule has 7 nitrogen and oxygen atoms in total. The molecule has 0 radical (unpaired) electrons. The Labute approximate surface area is 161 Å². The van der Waals surface area contributed by atoms with Crippen molar-refractivity contribution in [3.63, 3.8) is 0 Å². The van der Waals surface area contributed by atoms with Gasteiger partial charge in [-0.15, -0.1) is 0 Å². The third-order valence-corrected chi connectivity index (χ3v) is 4.40. The van der Waals surface area contributed by atoms with Crippen molar-refractivity contribution in [1.82, 2.24) is 9.97 Å². The lowest BCUT2D eigenvalue weighted by Gasteiger charge is -2.19. The topological polar surface area (TPSA) is 120 Å². The van der Waals surface area contributed by atoms with Crippen molar-refractivity contribution in [2.45, 2.75) is 12.0 Å². The van der Waals surface area contributed by atoms with Gasteiger partial charge in [-0.05, 0) is 40.8 Å². The number of primary amides is 1. The number of nitrogens with zero attached hydrogens (tertiary/aromatic N) is 4. The van der Waals surface area contributed by atoms with Gasteiger partial charge in [-0.3, -0.25) is 20.2 Å². The molecule has 136 valence electrons. The highest BCUT2D eigenvalue weighted by atomic mass is 16.1. The van der Waals surface area contributed by atoms with Crippen molar-refractivity contribution in [3.8, 4) is 17.2 Å². The molecule has 0 bridgehead atoms. The van der Waals surface area contributed by atoms with E-state index in [1.807, 2.05) is 30.3 Å². The van der Waals surface area contributed by atoms with Crippen molar-refractivity contribution >= 4 is 11.8 Å². The molecule has 0 aliphatic rings. The number of nitrogens with one attached hydrogen (secondary N) is 1. The highest BCUT2D eigenvalue weighted by molar-refractivity contribution is 5.80. The Kier molecular flexibility index (Phi) is 5.66. The lowest BCUT2D eigenvalue weighted by Crippen LogP contribution is -2.49. The minimum absolute atomic E-state index is 0.00232. The second kappa shape index (κ2) is 8.49. The van der Waals surface area contributed by atoms with E-state index in [0.29, 0.717) is 5.56 Å². The monoisotopic (exact) mass is 369 g/mol. The van der Waals surface area contributed by atoms with E-state index in [0.717, 1.165) is 11.1 Å². The van der Waals surface area contributed by atoms with E-state index in [2.05, 4.69) is 15.8 Å². The fourth-order valence-corrected chi connectivity index (χ4v) is 3.09. The molecule has 0 aliphatic heterocycles. The zero-order chi connectivity index (χ0) is 19.9. The average Bonchev–Trinajstić information content (AvgIpc) is 2.75. The first-order valence-electron chi connectivity index (χ1n) is 8.46. The van der Waals surface area contributed by atoms with E-state index in [4.69, 9.17) is 11.1 Å². The summed E-state index contributed by atoms with van der Waals surface area (Å²) in [5.41, 5.74) is 8.24. The van der Waals surface area contributed by atoms with Gasteiger partial charge in [0.15, 0.2) is 12.4 Å².